The topological polar surface area (TPSA) is 80.7 Å². The number of nitrogens with one attached hydrogen (secondary N) is 1. The van der Waals surface area contributed by atoms with E-state index in [9.17, 15) is 4.79 Å². The van der Waals surface area contributed by atoms with Gasteiger partial charge in [0.05, 0.1) is 11.6 Å². The molecule has 2 heterocycles. The summed E-state index contributed by atoms with van der Waals surface area (Å²) >= 11 is 0. The van der Waals surface area contributed by atoms with E-state index >= 15 is 0 Å². The third kappa shape index (κ3) is 3.44. The lowest BCUT2D eigenvalue weighted by atomic mass is 9.86. The molecule has 0 bridgehead atoms. The molecule has 21 heavy (non-hydrogen) atoms. The van der Waals surface area contributed by atoms with Crippen molar-refractivity contribution in [2.75, 3.05) is 13.2 Å². The van der Waals surface area contributed by atoms with Gasteiger partial charge in [-0.1, -0.05) is 0 Å². The number of carbonyl (C=O) groups is 1. The molecule has 114 valence electrons. The molecule has 6 heteroatoms. The van der Waals surface area contributed by atoms with Crippen LogP contribution in [0.2, 0.25) is 0 Å². The van der Waals surface area contributed by atoms with E-state index in [1.54, 1.807) is 0 Å². The Morgan fingerprint density at radius 1 is 1.24 bits per heavy atom. The summed E-state index contributed by atoms with van der Waals surface area (Å²) in [7, 11) is 0. The van der Waals surface area contributed by atoms with Gasteiger partial charge in [-0.25, -0.2) is 4.98 Å². The van der Waals surface area contributed by atoms with E-state index in [0.717, 1.165) is 31.4 Å². The van der Waals surface area contributed by atoms with Crippen LogP contribution in [-0.4, -0.2) is 35.3 Å². The lowest BCUT2D eigenvalue weighted by Gasteiger charge is -2.27. The highest BCUT2D eigenvalue weighted by Gasteiger charge is 2.25. The predicted octanol–water partition coefficient (Wildman–Crippen LogP) is 1.59. The van der Waals surface area contributed by atoms with Crippen molar-refractivity contribution in [3.05, 3.63) is 17.8 Å². The summed E-state index contributed by atoms with van der Waals surface area (Å²) in [5, 5.41) is 12.4. The van der Waals surface area contributed by atoms with Crippen molar-refractivity contribution < 1.29 is 19.4 Å². The Morgan fingerprint density at radius 3 is 2.76 bits per heavy atom. The second kappa shape index (κ2) is 6.30. The third-order valence-corrected chi connectivity index (χ3v) is 4.11. The SMILES string of the molecule is O=C(O)[C@H]1CC[C@H](NCc2ccc3c(n2)OCCO3)CC1. The largest absolute Gasteiger partial charge is 0.484 e. The fourth-order valence-corrected chi connectivity index (χ4v) is 2.86. The predicted molar refractivity (Wildman–Crippen MR) is 75.4 cm³/mol. The molecule has 1 aromatic rings. The van der Waals surface area contributed by atoms with Crippen LogP contribution in [0.4, 0.5) is 0 Å². The molecule has 2 aliphatic rings. The molecule has 0 aromatic carbocycles. The van der Waals surface area contributed by atoms with E-state index in [0.29, 0.717) is 37.4 Å². The molecule has 0 amide bonds. The number of ether oxygens (including phenoxy) is 2. The maximum atomic E-state index is 10.9. The van der Waals surface area contributed by atoms with E-state index < -0.39 is 5.97 Å². The van der Waals surface area contributed by atoms with Gasteiger partial charge in [0.15, 0.2) is 5.75 Å². The van der Waals surface area contributed by atoms with Crippen molar-refractivity contribution in [2.45, 2.75) is 38.3 Å². The van der Waals surface area contributed by atoms with Crippen LogP contribution in [0.3, 0.4) is 0 Å². The van der Waals surface area contributed by atoms with E-state index in [1.807, 2.05) is 12.1 Å². The van der Waals surface area contributed by atoms with Gasteiger partial charge in [0, 0.05) is 12.6 Å². The van der Waals surface area contributed by atoms with Gasteiger partial charge < -0.3 is 19.9 Å². The zero-order chi connectivity index (χ0) is 14.7. The van der Waals surface area contributed by atoms with E-state index in [1.165, 1.54) is 0 Å². The number of carboxylic acids is 1. The number of pyridine rings is 1. The first-order valence-electron chi connectivity index (χ1n) is 7.44. The summed E-state index contributed by atoms with van der Waals surface area (Å²) in [5.41, 5.74) is 0.916. The smallest absolute Gasteiger partial charge is 0.306 e. The van der Waals surface area contributed by atoms with Gasteiger partial charge in [0.2, 0.25) is 0 Å². The number of hydrogen-bond acceptors (Lipinski definition) is 5. The van der Waals surface area contributed by atoms with Crippen molar-refractivity contribution >= 4 is 5.97 Å². The number of aromatic nitrogens is 1. The van der Waals surface area contributed by atoms with Crippen LogP contribution >= 0.6 is 0 Å². The Kier molecular flexibility index (Phi) is 4.24. The molecule has 0 spiro atoms. The summed E-state index contributed by atoms with van der Waals surface area (Å²) in [6, 6.07) is 4.19. The molecule has 1 aromatic heterocycles. The summed E-state index contributed by atoms with van der Waals surface area (Å²) < 4.78 is 10.9. The first kappa shape index (κ1) is 14.1. The van der Waals surface area contributed by atoms with Gasteiger partial charge in [0.1, 0.15) is 13.2 Å². The highest BCUT2D eigenvalue weighted by atomic mass is 16.6. The van der Waals surface area contributed by atoms with E-state index in [2.05, 4.69) is 10.3 Å². The molecule has 3 rings (SSSR count). The lowest BCUT2D eigenvalue weighted by Crippen LogP contribution is -2.34. The normalized spacial score (nSPS) is 24.6. The van der Waals surface area contributed by atoms with Gasteiger partial charge in [0.25, 0.3) is 5.88 Å². The molecule has 1 fully saturated rings. The molecule has 0 radical (unpaired) electrons. The average molecular weight is 292 g/mol. The number of hydrogen-bond donors (Lipinski definition) is 2. The fourth-order valence-electron chi connectivity index (χ4n) is 2.86. The van der Waals surface area contributed by atoms with E-state index in [4.69, 9.17) is 14.6 Å². The molecule has 1 saturated carbocycles. The van der Waals surface area contributed by atoms with Crippen LogP contribution in [0.25, 0.3) is 0 Å². The summed E-state index contributed by atoms with van der Waals surface area (Å²) in [6.45, 7) is 1.77. The highest BCUT2D eigenvalue weighted by molar-refractivity contribution is 5.70. The lowest BCUT2D eigenvalue weighted by molar-refractivity contribution is -0.142. The fraction of sp³-hybridized carbons (Fsp3) is 0.600. The number of nitrogens with zero attached hydrogens (tertiary/aromatic N) is 1. The highest BCUT2D eigenvalue weighted by Crippen LogP contribution is 2.28. The second-order valence-corrected chi connectivity index (χ2v) is 5.57. The Hall–Kier alpha value is -1.82. The molecule has 1 aliphatic carbocycles. The Balaban J connectivity index is 1.50. The minimum Gasteiger partial charge on any atom is -0.484 e. The van der Waals surface area contributed by atoms with Gasteiger partial charge in [-0.05, 0) is 37.8 Å². The molecular formula is C15H20N2O4. The molecule has 2 N–H and O–H groups in total. The summed E-state index contributed by atoms with van der Waals surface area (Å²) in [4.78, 5) is 15.4. The number of aliphatic carboxylic acids is 1. The quantitative estimate of drug-likeness (QED) is 0.877. The van der Waals surface area contributed by atoms with Gasteiger partial charge in [-0.2, -0.15) is 0 Å². The molecule has 0 atom stereocenters. The van der Waals surface area contributed by atoms with Crippen LogP contribution < -0.4 is 14.8 Å². The third-order valence-electron chi connectivity index (χ3n) is 4.11. The van der Waals surface area contributed by atoms with Gasteiger partial charge in [-0.3, -0.25) is 4.79 Å². The van der Waals surface area contributed by atoms with Crippen molar-refractivity contribution in [3.63, 3.8) is 0 Å². The molecular weight excluding hydrogens is 272 g/mol. The zero-order valence-electron chi connectivity index (χ0n) is 11.9. The minimum absolute atomic E-state index is 0.171. The van der Waals surface area contributed by atoms with Crippen LogP contribution in [-0.2, 0) is 11.3 Å². The summed E-state index contributed by atoms with van der Waals surface area (Å²) in [5.74, 6) is 0.430. The maximum Gasteiger partial charge on any atom is 0.306 e. The first-order chi connectivity index (χ1) is 10.2. The first-order valence-corrected chi connectivity index (χ1v) is 7.44. The maximum absolute atomic E-state index is 10.9. The van der Waals surface area contributed by atoms with Crippen molar-refractivity contribution in [2.24, 2.45) is 5.92 Å². The Bertz CT molecular complexity index is 512. The number of carboxylic acid groups (broad SMARTS) is 1. The monoisotopic (exact) mass is 292 g/mol. The Labute approximate surface area is 123 Å². The molecule has 6 nitrogen and oxygen atoms in total. The zero-order valence-corrected chi connectivity index (χ0v) is 11.9. The number of rotatable bonds is 4. The minimum atomic E-state index is -0.665. The van der Waals surface area contributed by atoms with Crippen LogP contribution in [0.15, 0.2) is 12.1 Å². The van der Waals surface area contributed by atoms with Crippen LogP contribution in [0.1, 0.15) is 31.4 Å². The van der Waals surface area contributed by atoms with Crippen molar-refractivity contribution in [3.8, 4) is 11.6 Å². The van der Waals surface area contributed by atoms with Crippen molar-refractivity contribution in [1.29, 1.82) is 0 Å². The molecule has 0 unspecified atom stereocenters. The summed E-state index contributed by atoms with van der Waals surface area (Å²) in [6.07, 6.45) is 3.31. The Morgan fingerprint density at radius 2 is 2.00 bits per heavy atom. The molecule has 1 aliphatic heterocycles. The number of fused-ring (bicyclic) bond motifs is 1. The van der Waals surface area contributed by atoms with E-state index in [-0.39, 0.29) is 5.92 Å². The second-order valence-electron chi connectivity index (χ2n) is 5.57. The van der Waals surface area contributed by atoms with Crippen LogP contribution in [0.5, 0.6) is 11.6 Å². The average Bonchev–Trinajstić information content (AvgIpc) is 2.53. The standard InChI is InChI=1S/C15H20N2O4/c18-15(19)10-1-3-11(4-2-10)16-9-12-5-6-13-14(17-12)21-8-7-20-13/h5-6,10-11,16H,1-4,7-9H2,(H,18,19)/t10-,11-. The van der Waals surface area contributed by atoms with Crippen LogP contribution in [0, 0.1) is 5.92 Å². The van der Waals surface area contributed by atoms with Gasteiger partial charge in [-0.15, -0.1) is 0 Å². The molecule has 0 saturated heterocycles. The van der Waals surface area contributed by atoms with Gasteiger partial charge >= 0.3 is 5.97 Å². The van der Waals surface area contributed by atoms with Crippen molar-refractivity contribution in [1.82, 2.24) is 10.3 Å².